The molecule has 0 radical (unpaired) electrons. The highest BCUT2D eigenvalue weighted by Gasteiger charge is 2.29. The minimum Gasteiger partial charge on any atom is -0.481 e. The predicted octanol–water partition coefficient (Wildman–Crippen LogP) is 1.79. The number of carbonyl (C=O) groups excluding carboxylic acids is 1. The molecule has 0 spiro atoms. The molecular formula is C16H21ClN2O3. The van der Waals surface area contributed by atoms with E-state index in [-0.39, 0.29) is 24.2 Å². The number of hydrogen-bond acceptors (Lipinski definition) is 3. The van der Waals surface area contributed by atoms with Crippen LogP contribution in [0.5, 0.6) is 0 Å². The number of fused-ring (bicyclic) bond motifs is 1. The van der Waals surface area contributed by atoms with Gasteiger partial charge in [0, 0.05) is 12.2 Å². The van der Waals surface area contributed by atoms with Crippen LogP contribution in [0.25, 0.3) is 0 Å². The second-order valence-corrected chi connectivity index (χ2v) is 5.81. The van der Waals surface area contributed by atoms with Gasteiger partial charge in [-0.25, -0.2) is 0 Å². The molecule has 2 aliphatic rings. The number of likely N-dealkylation sites (tertiary alicyclic amines) is 1. The van der Waals surface area contributed by atoms with Crippen molar-refractivity contribution in [2.45, 2.75) is 19.3 Å². The van der Waals surface area contributed by atoms with Gasteiger partial charge < -0.3 is 10.0 Å². The number of amides is 1. The molecule has 0 aliphatic carbocycles. The maximum Gasteiger partial charge on any atom is 0.306 e. The van der Waals surface area contributed by atoms with Crippen molar-refractivity contribution in [3.63, 3.8) is 0 Å². The lowest BCUT2D eigenvalue weighted by Gasteiger charge is -2.30. The molecular weight excluding hydrogens is 304 g/mol. The summed E-state index contributed by atoms with van der Waals surface area (Å²) in [6.45, 7) is 2.53. The zero-order valence-corrected chi connectivity index (χ0v) is 13.2. The third-order valence-corrected chi connectivity index (χ3v) is 4.48. The fourth-order valence-corrected chi connectivity index (χ4v) is 3.21. The summed E-state index contributed by atoms with van der Waals surface area (Å²) < 4.78 is 0. The van der Waals surface area contributed by atoms with Crippen LogP contribution in [0.1, 0.15) is 18.4 Å². The van der Waals surface area contributed by atoms with E-state index < -0.39 is 5.97 Å². The van der Waals surface area contributed by atoms with E-state index in [2.05, 4.69) is 11.0 Å². The topological polar surface area (TPSA) is 60.9 Å². The van der Waals surface area contributed by atoms with Crippen molar-refractivity contribution >= 4 is 30.0 Å². The summed E-state index contributed by atoms with van der Waals surface area (Å²) in [5, 5.41) is 8.99. The van der Waals surface area contributed by atoms with E-state index in [0.29, 0.717) is 32.5 Å². The molecule has 0 atom stereocenters. The summed E-state index contributed by atoms with van der Waals surface area (Å²) in [5.41, 5.74) is 2.26. The summed E-state index contributed by atoms with van der Waals surface area (Å²) in [6.07, 6.45) is 2.20. The zero-order chi connectivity index (χ0) is 14.8. The number of carbonyl (C=O) groups is 2. The Balaban J connectivity index is 0.00000176. The van der Waals surface area contributed by atoms with Crippen molar-refractivity contribution in [2.75, 3.05) is 31.1 Å². The Morgan fingerprint density at radius 2 is 1.82 bits per heavy atom. The molecule has 0 aromatic heterocycles. The molecule has 1 aromatic rings. The van der Waals surface area contributed by atoms with Gasteiger partial charge in [0.15, 0.2) is 0 Å². The normalized spacial score (nSPS) is 18.6. The predicted molar refractivity (Wildman–Crippen MR) is 86.5 cm³/mol. The molecule has 120 valence electrons. The molecule has 1 amide bonds. The first-order valence-electron chi connectivity index (χ1n) is 7.48. The van der Waals surface area contributed by atoms with Gasteiger partial charge in [-0.15, -0.1) is 12.4 Å². The Morgan fingerprint density at radius 3 is 2.50 bits per heavy atom. The van der Waals surface area contributed by atoms with Crippen molar-refractivity contribution in [2.24, 2.45) is 5.92 Å². The fraction of sp³-hybridized carbons (Fsp3) is 0.500. The van der Waals surface area contributed by atoms with E-state index in [4.69, 9.17) is 5.11 Å². The van der Waals surface area contributed by atoms with E-state index in [9.17, 15) is 9.59 Å². The van der Waals surface area contributed by atoms with Crippen LogP contribution in [-0.4, -0.2) is 48.1 Å². The summed E-state index contributed by atoms with van der Waals surface area (Å²) in [7, 11) is 0. The Kier molecular flexibility index (Phi) is 5.42. The molecule has 3 rings (SSSR count). The molecule has 1 fully saturated rings. The highest BCUT2D eigenvalue weighted by atomic mass is 35.5. The first-order valence-corrected chi connectivity index (χ1v) is 7.48. The first kappa shape index (κ1) is 16.8. The molecule has 2 heterocycles. The van der Waals surface area contributed by atoms with Crippen LogP contribution >= 0.6 is 12.4 Å². The standard InChI is InChI=1S/C16H20N2O3.ClH/c19-15(11-17-8-5-13(6-9-17)16(20)21)18-10-7-12-3-1-2-4-14(12)18;/h1-4,13H,5-11H2,(H,20,21);1H. The number of aliphatic carboxylic acids is 1. The monoisotopic (exact) mass is 324 g/mol. The Labute approximate surface area is 136 Å². The minimum atomic E-state index is -0.713. The SMILES string of the molecule is Cl.O=C(O)C1CCN(CC(=O)N2CCc3ccccc32)CC1. The summed E-state index contributed by atoms with van der Waals surface area (Å²) >= 11 is 0. The molecule has 5 nitrogen and oxygen atoms in total. The van der Waals surface area contributed by atoms with Gasteiger partial charge in [-0.3, -0.25) is 14.5 Å². The van der Waals surface area contributed by atoms with Gasteiger partial charge >= 0.3 is 5.97 Å². The third-order valence-electron chi connectivity index (χ3n) is 4.48. The van der Waals surface area contributed by atoms with Crippen LogP contribution in [0, 0.1) is 5.92 Å². The summed E-state index contributed by atoms with van der Waals surface area (Å²) in [5.74, 6) is -0.841. The van der Waals surface area contributed by atoms with Crippen molar-refractivity contribution in [1.29, 1.82) is 0 Å². The molecule has 1 N–H and O–H groups in total. The van der Waals surface area contributed by atoms with Gasteiger partial charge in [-0.2, -0.15) is 0 Å². The maximum absolute atomic E-state index is 12.5. The van der Waals surface area contributed by atoms with E-state index in [1.54, 1.807) is 0 Å². The van der Waals surface area contributed by atoms with Crippen LogP contribution in [0.4, 0.5) is 5.69 Å². The Hall–Kier alpha value is -1.59. The number of carboxylic acids is 1. The number of carboxylic acid groups (broad SMARTS) is 1. The van der Waals surface area contributed by atoms with Crippen molar-refractivity contribution in [3.8, 4) is 0 Å². The van der Waals surface area contributed by atoms with Crippen molar-refractivity contribution in [1.82, 2.24) is 4.90 Å². The van der Waals surface area contributed by atoms with Crippen LogP contribution in [0.15, 0.2) is 24.3 Å². The average molecular weight is 325 g/mol. The lowest BCUT2D eigenvalue weighted by Crippen LogP contribution is -2.44. The summed E-state index contributed by atoms with van der Waals surface area (Å²) in [6, 6.07) is 8.03. The quantitative estimate of drug-likeness (QED) is 0.921. The number of benzene rings is 1. The van der Waals surface area contributed by atoms with E-state index in [0.717, 1.165) is 18.7 Å². The van der Waals surface area contributed by atoms with Gasteiger partial charge in [-0.1, -0.05) is 18.2 Å². The second-order valence-electron chi connectivity index (χ2n) is 5.81. The lowest BCUT2D eigenvalue weighted by molar-refractivity contribution is -0.143. The Morgan fingerprint density at radius 1 is 1.14 bits per heavy atom. The highest BCUT2D eigenvalue weighted by molar-refractivity contribution is 5.96. The number of rotatable bonds is 3. The number of anilines is 1. The number of hydrogen-bond donors (Lipinski definition) is 1. The van der Waals surface area contributed by atoms with Crippen LogP contribution < -0.4 is 4.90 Å². The van der Waals surface area contributed by atoms with Crippen LogP contribution in [0.2, 0.25) is 0 Å². The van der Waals surface area contributed by atoms with Crippen molar-refractivity contribution in [3.05, 3.63) is 29.8 Å². The number of para-hydroxylation sites is 1. The lowest BCUT2D eigenvalue weighted by atomic mass is 9.97. The van der Waals surface area contributed by atoms with E-state index >= 15 is 0 Å². The number of halogens is 1. The molecule has 6 heteroatoms. The smallest absolute Gasteiger partial charge is 0.306 e. The Bertz CT molecular complexity index is 556. The molecule has 1 aromatic carbocycles. The van der Waals surface area contributed by atoms with Gasteiger partial charge in [0.25, 0.3) is 0 Å². The maximum atomic E-state index is 12.5. The minimum absolute atomic E-state index is 0. The number of nitrogens with zero attached hydrogens (tertiary/aromatic N) is 2. The first-order chi connectivity index (χ1) is 10.1. The highest BCUT2D eigenvalue weighted by Crippen LogP contribution is 2.27. The van der Waals surface area contributed by atoms with E-state index in [1.165, 1.54) is 5.56 Å². The second kappa shape index (κ2) is 7.11. The molecule has 2 aliphatic heterocycles. The third kappa shape index (κ3) is 3.42. The van der Waals surface area contributed by atoms with Gasteiger partial charge in [0.05, 0.1) is 12.5 Å². The van der Waals surface area contributed by atoms with E-state index in [1.807, 2.05) is 23.1 Å². The molecule has 0 saturated carbocycles. The average Bonchev–Trinajstić information content (AvgIpc) is 2.92. The van der Waals surface area contributed by atoms with Crippen molar-refractivity contribution < 1.29 is 14.7 Å². The summed E-state index contributed by atoms with van der Waals surface area (Å²) in [4.78, 5) is 27.3. The van der Waals surface area contributed by atoms with Gasteiger partial charge in [-0.05, 0) is 44.0 Å². The number of piperidine rings is 1. The molecule has 0 unspecified atom stereocenters. The fourth-order valence-electron chi connectivity index (χ4n) is 3.21. The van der Waals surface area contributed by atoms with Crippen LogP contribution in [-0.2, 0) is 16.0 Å². The zero-order valence-electron chi connectivity index (χ0n) is 12.4. The molecule has 22 heavy (non-hydrogen) atoms. The molecule has 1 saturated heterocycles. The van der Waals surface area contributed by atoms with Crippen LogP contribution in [0.3, 0.4) is 0 Å². The van der Waals surface area contributed by atoms with Gasteiger partial charge in [0.1, 0.15) is 0 Å². The van der Waals surface area contributed by atoms with Gasteiger partial charge in [0.2, 0.25) is 5.91 Å². The largest absolute Gasteiger partial charge is 0.481 e. The molecule has 0 bridgehead atoms.